The number of hydrogen-bond acceptors (Lipinski definition) is 5. The van der Waals surface area contributed by atoms with E-state index >= 15 is 0 Å². The quantitative estimate of drug-likeness (QED) is 0.585. The third kappa shape index (κ3) is 3.67. The summed E-state index contributed by atoms with van der Waals surface area (Å²) >= 11 is 0. The zero-order chi connectivity index (χ0) is 19.4. The van der Waals surface area contributed by atoms with Crippen LogP contribution < -0.4 is 15.8 Å². The predicted molar refractivity (Wildman–Crippen MR) is 105 cm³/mol. The molecule has 2 heterocycles. The van der Waals surface area contributed by atoms with Crippen LogP contribution in [0.2, 0.25) is 0 Å². The molecule has 0 radical (unpaired) electrons. The minimum absolute atomic E-state index is 0.229. The number of fused-ring (bicyclic) bond motifs is 1. The van der Waals surface area contributed by atoms with E-state index in [0.29, 0.717) is 29.2 Å². The van der Waals surface area contributed by atoms with Crippen molar-refractivity contribution in [2.24, 2.45) is 5.73 Å². The van der Waals surface area contributed by atoms with Crippen LogP contribution in [-0.4, -0.2) is 28.6 Å². The number of carbonyl (C=O) groups excluding carboxylic acids is 1. The number of ether oxygens (including phenoxy) is 1. The van der Waals surface area contributed by atoms with E-state index in [0.717, 1.165) is 16.9 Å². The van der Waals surface area contributed by atoms with Crippen LogP contribution in [0.25, 0.3) is 11.2 Å². The zero-order valence-corrected chi connectivity index (χ0v) is 15.2. The molecule has 0 saturated carbocycles. The van der Waals surface area contributed by atoms with Gasteiger partial charge in [0, 0.05) is 36.3 Å². The highest BCUT2D eigenvalue weighted by atomic mass is 16.5. The molecule has 0 saturated heterocycles. The maximum atomic E-state index is 12.8. The van der Waals surface area contributed by atoms with E-state index in [1.54, 1.807) is 30.7 Å². The second-order valence-electron chi connectivity index (χ2n) is 5.99. The van der Waals surface area contributed by atoms with Gasteiger partial charge in [0.1, 0.15) is 17.1 Å². The van der Waals surface area contributed by atoms with Gasteiger partial charge in [-0.25, -0.2) is 4.98 Å². The second kappa shape index (κ2) is 7.74. The van der Waals surface area contributed by atoms with E-state index in [4.69, 9.17) is 15.9 Å². The predicted octanol–water partition coefficient (Wildman–Crippen LogP) is 2.53. The van der Waals surface area contributed by atoms with Gasteiger partial charge in [-0.1, -0.05) is 12.1 Å². The van der Waals surface area contributed by atoms with E-state index in [1.165, 1.54) is 12.4 Å². The van der Waals surface area contributed by atoms with E-state index in [1.807, 2.05) is 30.3 Å². The van der Waals surface area contributed by atoms with Crippen LogP contribution in [0.4, 0.5) is 0 Å². The molecule has 0 atom stereocenters. The number of pyridine rings is 1. The van der Waals surface area contributed by atoms with Crippen molar-refractivity contribution in [3.8, 4) is 5.75 Å². The molecule has 0 aliphatic carbocycles. The molecule has 27 heavy (non-hydrogen) atoms. The van der Waals surface area contributed by atoms with Crippen LogP contribution in [0.3, 0.4) is 0 Å². The topological polar surface area (TPSA) is 105 Å². The average Bonchev–Trinajstić information content (AvgIpc) is 3.02. The number of nitrogens with two attached hydrogens (primary N) is 1. The highest BCUT2D eigenvalue weighted by Crippen LogP contribution is 2.18. The summed E-state index contributed by atoms with van der Waals surface area (Å²) in [7, 11) is 1.61. The molecule has 7 nitrogen and oxygen atoms in total. The first-order chi connectivity index (χ1) is 13.1. The molecule has 1 amide bonds. The van der Waals surface area contributed by atoms with Crippen LogP contribution in [0.1, 0.15) is 27.3 Å². The number of amides is 1. The number of imidazole rings is 1. The van der Waals surface area contributed by atoms with Crippen molar-refractivity contribution in [3.63, 3.8) is 0 Å². The van der Waals surface area contributed by atoms with Gasteiger partial charge in [-0.2, -0.15) is 0 Å². The lowest BCUT2D eigenvalue weighted by Gasteiger charge is -2.08. The molecule has 0 aliphatic heterocycles. The van der Waals surface area contributed by atoms with Gasteiger partial charge < -0.3 is 21.2 Å². The summed E-state index contributed by atoms with van der Waals surface area (Å²) in [6.07, 6.45) is 4.30. The van der Waals surface area contributed by atoms with Crippen LogP contribution in [0.5, 0.6) is 5.75 Å². The standard InChI is InChI=1S/C20H21N5O2/c1-13-19(20(26)23-11-14-4-3-5-17(8-14)27-2)25-12-15(16(9-21)10-22)6-7-18(25)24-13/h3-10,12,21H,11,22H2,1-2H3,(H,23,26)/b16-10+,21-9?. The first-order valence-corrected chi connectivity index (χ1v) is 8.40. The fourth-order valence-electron chi connectivity index (χ4n) is 2.88. The number of aromatic nitrogens is 2. The van der Waals surface area contributed by atoms with Crippen molar-refractivity contribution in [3.05, 3.63) is 71.3 Å². The smallest absolute Gasteiger partial charge is 0.270 e. The molecular weight excluding hydrogens is 342 g/mol. The molecule has 4 N–H and O–H groups in total. The van der Waals surface area contributed by atoms with Gasteiger partial charge in [-0.15, -0.1) is 0 Å². The summed E-state index contributed by atoms with van der Waals surface area (Å²) in [4.78, 5) is 17.2. The maximum absolute atomic E-state index is 12.8. The number of carbonyl (C=O) groups is 1. The molecule has 2 aromatic heterocycles. The number of nitrogens with zero attached hydrogens (tertiary/aromatic N) is 2. The molecule has 0 unspecified atom stereocenters. The lowest BCUT2D eigenvalue weighted by Crippen LogP contribution is -2.25. The Labute approximate surface area is 157 Å². The first-order valence-electron chi connectivity index (χ1n) is 8.40. The lowest BCUT2D eigenvalue weighted by molar-refractivity contribution is 0.0944. The molecule has 0 fully saturated rings. The van der Waals surface area contributed by atoms with Crippen molar-refractivity contribution in [2.45, 2.75) is 13.5 Å². The Bertz CT molecular complexity index is 1040. The van der Waals surface area contributed by atoms with Gasteiger partial charge in [0.25, 0.3) is 5.91 Å². The normalized spacial score (nSPS) is 11.4. The van der Waals surface area contributed by atoms with Gasteiger partial charge in [-0.05, 0) is 36.8 Å². The molecular formula is C20H21N5O2. The Morgan fingerprint density at radius 1 is 1.37 bits per heavy atom. The highest BCUT2D eigenvalue weighted by Gasteiger charge is 2.17. The van der Waals surface area contributed by atoms with Gasteiger partial charge in [0.15, 0.2) is 0 Å². The summed E-state index contributed by atoms with van der Waals surface area (Å²) in [5.41, 5.74) is 9.54. The number of methoxy groups -OCH3 is 1. The molecule has 138 valence electrons. The van der Waals surface area contributed by atoms with Gasteiger partial charge >= 0.3 is 0 Å². The Morgan fingerprint density at radius 3 is 2.89 bits per heavy atom. The van der Waals surface area contributed by atoms with E-state index < -0.39 is 0 Å². The van der Waals surface area contributed by atoms with Gasteiger partial charge in [0.05, 0.1) is 12.8 Å². The lowest BCUT2D eigenvalue weighted by atomic mass is 10.1. The van der Waals surface area contributed by atoms with Crippen LogP contribution in [0, 0.1) is 12.3 Å². The number of benzene rings is 1. The zero-order valence-electron chi connectivity index (χ0n) is 15.2. The van der Waals surface area contributed by atoms with Crippen molar-refractivity contribution < 1.29 is 9.53 Å². The fraction of sp³-hybridized carbons (Fsp3) is 0.150. The molecule has 0 bridgehead atoms. The molecule has 3 rings (SSSR count). The highest BCUT2D eigenvalue weighted by molar-refractivity contribution is 6.08. The number of rotatable bonds is 6. The summed E-state index contributed by atoms with van der Waals surface area (Å²) in [6, 6.07) is 11.2. The largest absolute Gasteiger partial charge is 0.497 e. The Balaban J connectivity index is 1.90. The summed E-state index contributed by atoms with van der Waals surface area (Å²) < 4.78 is 6.93. The van der Waals surface area contributed by atoms with Crippen molar-refractivity contribution in [1.29, 1.82) is 5.41 Å². The molecule has 0 aliphatic rings. The minimum Gasteiger partial charge on any atom is -0.497 e. The SMILES string of the molecule is COc1cccc(CNC(=O)c2c(C)nc3ccc(/C(C=N)=C/N)cn23)c1. The minimum atomic E-state index is -0.229. The van der Waals surface area contributed by atoms with Crippen molar-refractivity contribution in [2.75, 3.05) is 7.11 Å². The molecule has 7 heteroatoms. The van der Waals surface area contributed by atoms with Gasteiger partial charge in [-0.3, -0.25) is 9.20 Å². The molecule has 0 spiro atoms. The maximum Gasteiger partial charge on any atom is 0.270 e. The Morgan fingerprint density at radius 2 is 2.19 bits per heavy atom. The van der Waals surface area contributed by atoms with Crippen molar-refractivity contribution in [1.82, 2.24) is 14.7 Å². The Hall–Kier alpha value is -3.61. The van der Waals surface area contributed by atoms with Crippen LogP contribution in [0.15, 0.2) is 48.8 Å². The summed E-state index contributed by atoms with van der Waals surface area (Å²) in [5, 5.41) is 10.4. The third-order valence-corrected chi connectivity index (χ3v) is 4.26. The van der Waals surface area contributed by atoms with Gasteiger partial charge in [0.2, 0.25) is 0 Å². The van der Waals surface area contributed by atoms with E-state index in [9.17, 15) is 4.79 Å². The third-order valence-electron chi connectivity index (χ3n) is 4.26. The van der Waals surface area contributed by atoms with E-state index in [2.05, 4.69) is 10.3 Å². The molecule has 3 aromatic rings. The number of hydrogen-bond donors (Lipinski definition) is 3. The number of nitrogens with one attached hydrogen (secondary N) is 2. The van der Waals surface area contributed by atoms with E-state index in [-0.39, 0.29) is 5.91 Å². The second-order valence-corrected chi connectivity index (χ2v) is 5.99. The van der Waals surface area contributed by atoms with Crippen LogP contribution in [-0.2, 0) is 6.54 Å². The summed E-state index contributed by atoms with van der Waals surface area (Å²) in [6.45, 7) is 2.17. The first kappa shape index (κ1) is 18.2. The van der Waals surface area contributed by atoms with Crippen molar-refractivity contribution >= 4 is 23.3 Å². The summed E-state index contributed by atoms with van der Waals surface area (Å²) in [5.74, 6) is 0.512. The monoisotopic (exact) mass is 363 g/mol. The fourth-order valence-corrected chi connectivity index (χ4v) is 2.88. The Kier molecular flexibility index (Phi) is 5.21. The van der Waals surface area contributed by atoms with Crippen LogP contribution >= 0.6 is 0 Å². The number of aryl methyl sites for hydroxylation is 1. The number of allylic oxidation sites excluding steroid dienone is 1. The molecule has 1 aromatic carbocycles. The average molecular weight is 363 g/mol.